The molecule has 6 heteroatoms. The van der Waals surface area contributed by atoms with Gasteiger partial charge in [0.05, 0.1) is 18.6 Å². The number of halogens is 1. The molecule has 21 heavy (non-hydrogen) atoms. The van der Waals surface area contributed by atoms with E-state index in [1.54, 1.807) is 13.4 Å². The van der Waals surface area contributed by atoms with Gasteiger partial charge in [0.25, 0.3) is 0 Å². The Hall–Kier alpha value is -1.41. The fourth-order valence-electron chi connectivity index (χ4n) is 1.93. The Bertz CT molecular complexity index is 610. The molecule has 0 aliphatic carbocycles. The van der Waals surface area contributed by atoms with Crippen LogP contribution < -0.4 is 0 Å². The fourth-order valence-corrected chi connectivity index (χ4v) is 2.29. The first-order chi connectivity index (χ1) is 10.0. The highest BCUT2D eigenvalue weighted by Crippen LogP contribution is 2.21. The van der Waals surface area contributed by atoms with E-state index in [4.69, 9.17) is 4.84 Å². The van der Waals surface area contributed by atoms with Crippen LogP contribution in [0.3, 0.4) is 0 Å². The normalized spacial score (nSPS) is 12.4. The Labute approximate surface area is 138 Å². The van der Waals surface area contributed by atoms with Crippen molar-refractivity contribution in [1.82, 2.24) is 14.6 Å². The average molecular weight is 399 g/mol. The number of nitrogens with zero attached hydrogens (tertiary/aromatic N) is 3. The molecule has 2 aromatic rings. The monoisotopic (exact) mass is 399 g/mol. The molecule has 0 amide bonds. The van der Waals surface area contributed by atoms with Crippen LogP contribution in [0.2, 0.25) is 0 Å². The zero-order valence-electron chi connectivity index (χ0n) is 12.3. The van der Waals surface area contributed by atoms with E-state index in [0.29, 0.717) is 12.2 Å². The molecule has 0 radical (unpaired) electrons. The van der Waals surface area contributed by atoms with Crippen LogP contribution in [-0.4, -0.2) is 34.2 Å². The quantitative estimate of drug-likeness (QED) is 0.573. The molecule has 2 rings (SSSR count). The van der Waals surface area contributed by atoms with Crippen molar-refractivity contribution in [3.05, 3.63) is 51.6 Å². The largest absolute Gasteiger partial charge is 0.375 e. The van der Waals surface area contributed by atoms with Crippen molar-refractivity contribution in [2.24, 2.45) is 0 Å². The summed E-state index contributed by atoms with van der Waals surface area (Å²) in [6, 6.07) is 8.22. The van der Waals surface area contributed by atoms with Crippen molar-refractivity contribution in [2.45, 2.75) is 19.9 Å². The zero-order chi connectivity index (χ0) is 15.4. The van der Waals surface area contributed by atoms with Crippen molar-refractivity contribution in [3.8, 4) is 0 Å². The highest BCUT2D eigenvalue weighted by molar-refractivity contribution is 14.1. The molecular formula is C15H18IN3O2. The van der Waals surface area contributed by atoms with Crippen LogP contribution in [0.1, 0.15) is 35.9 Å². The van der Waals surface area contributed by atoms with Gasteiger partial charge in [-0.1, -0.05) is 12.1 Å². The number of hydrogen-bond acceptors (Lipinski definition) is 4. The Morgan fingerprint density at radius 1 is 1.43 bits per heavy atom. The van der Waals surface area contributed by atoms with Gasteiger partial charge in [0, 0.05) is 17.2 Å². The van der Waals surface area contributed by atoms with Crippen LogP contribution >= 0.6 is 22.6 Å². The van der Waals surface area contributed by atoms with Crippen LogP contribution in [0.5, 0.6) is 0 Å². The summed E-state index contributed by atoms with van der Waals surface area (Å²) in [5.41, 5.74) is 1.56. The SMILES string of the molecule is CCN(C)OC(=O)c1cncn1C(C)c1ccc(I)cc1. The van der Waals surface area contributed by atoms with Crippen molar-refractivity contribution < 1.29 is 9.63 Å². The standard InChI is InChI=1S/C15H18IN3O2/c1-4-18(3)21-15(20)14-9-17-10-19(14)11(2)12-5-7-13(16)8-6-12/h5-11H,4H2,1-3H3. The molecule has 0 saturated heterocycles. The highest BCUT2D eigenvalue weighted by atomic mass is 127. The number of imidazole rings is 1. The number of carbonyl (C=O) groups excluding carboxylic acids is 1. The lowest BCUT2D eigenvalue weighted by Crippen LogP contribution is -2.25. The van der Waals surface area contributed by atoms with Gasteiger partial charge in [0.15, 0.2) is 0 Å². The summed E-state index contributed by atoms with van der Waals surface area (Å²) >= 11 is 2.27. The van der Waals surface area contributed by atoms with E-state index in [-0.39, 0.29) is 6.04 Å². The molecule has 1 heterocycles. The summed E-state index contributed by atoms with van der Waals surface area (Å²) in [5, 5.41) is 1.50. The van der Waals surface area contributed by atoms with Gasteiger partial charge in [0.2, 0.25) is 0 Å². The van der Waals surface area contributed by atoms with Gasteiger partial charge in [0.1, 0.15) is 5.69 Å². The highest BCUT2D eigenvalue weighted by Gasteiger charge is 2.19. The molecule has 0 fully saturated rings. The number of benzene rings is 1. The number of aromatic nitrogens is 2. The van der Waals surface area contributed by atoms with Gasteiger partial charge in [-0.05, 0) is 54.1 Å². The lowest BCUT2D eigenvalue weighted by molar-refractivity contribution is -0.0875. The Morgan fingerprint density at radius 3 is 2.71 bits per heavy atom. The second kappa shape index (κ2) is 7.04. The van der Waals surface area contributed by atoms with Crippen LogP contribution in [0.4, 0.5) is 0 Å². The molecule has 1 aromatic carbocycles. The zero-order valence-corrected chi connectivity index (χ0v) is 14.4. The van der Waals surface area contributed by atoms with E-state index >= 15 is 0 Å². The van der Waals surface area contributed by atoms with Crippen molar-refractivity contribution >= 4 is 28.6 Å². The van der Waals surface area contributed by atoms with Gasteiger partial charge >= 0.3 is 5.97 Å². The molecule has 112 valence electrons. The second-order valence-electron chi connectivity index (χ2n) is 4.74. The maximum atomic E-state index is 12.2. The number of hydroxylamine groups is 2. The summed E-state index contributed by atoms with van der Waals surface area (Å²) in [6.07, 6.45) is 3.19. The van der Waals surface area contributed by atoms with Gasteiger partial charge in [-0.3, -0.25) is 0 Å². The second-order valence-corrected chi connectivity index (χ2v) is 5.98. The molecular weight excluding hydrogens is 381 g/mol. The van der Waals surface area contributed by atoms with Crippen molar-refractivity contribution in [2.75, 3.05) is 13.6 Å². The van der Waals surface area contributed by atoms with E-state index in [2.05, 4.69) is 39.7 Å². The summed E-state index contributed by atoms with van der Waals surface area (Å²) in [4.78, 5) is 21.5. The van der Waals surface area contributed by atoms with Gasteiger partial charge in [-0.15, -0.1) is 5.06 Å². The number of carbonyl (C=O) groups is 1. The van der Waals surface area contributed by atoms with Gasteiger partial charge < -0.3 is 9.40 Å². The molecule has 1 aromatic heterocycles. The Kier molecular flexibility index (Phi) is 5.35. The van der Waals surface area contributed by atoms with Crippen LogP contribution in [0.15, 0.2) is 36.8 Å². The van der Waals surface area contributed by atoms with E-state index in [9.17, 15) is 4.79 Å². The maximum Gasteiger partial charge on any atom is 0.375 e. The van der Waals surface area contributed by atoms with E-state index in [1.807, 2.05) is 30.5 Å². The molecule has 1 atom stereocenters. The van der Waals surface area contributed by atoms with E-state index < -0.39 is 5.97 Å². The third-order valence-electron chi connectivity index (χ3n) is 3.33. The summed E-state index contributed by atoms with van der Waals surface area (Å²) in [6.45, 7) is 4.58. The average Bonchev–Trinajstić information content (AvgIpc) is 2.96. The molecule has 0 aliphatic rings. The number of hydrogen-bond donors (Lipinski definition) is 0. The first kappa shape index (κ1) is 16.0. The lowest BCUT2D eigenvalue weighted by Gasteiger charge is -2.18. The molecule has 0 bridgehead atoms. The summed E-state index contributed by atoms with van der Waals surface area (Å²) < 4.78 is 3.01. The predicted octanol–water partition coefficient (Wildman–Crippen LogP) is 3.12. The van der Waals surface area contributed by atoms with Crippen LogP contribution in [-0.2, 0) is 4.84 Å². The van der Waals surface area contributed by atoms with E-state index in [1.165, 1.54) is 14.8 Å². The molecule has 0 spiro atoms. The Balaban J connectivity index is 2.23. The summed E-state index contributed by atoms with van der Waals surface area (Å²) in [5.74, 6) is -0.394. The molecule has 5 nitrogen and oxygen atoms in total. The molecule has 0 N–H and O–H groups in total. The third-order valence-corrected chi connectivity index (χ3v) is 4.05. The smallest absolute Gasteiger partial charge is 0.363 e. The first-order valence-electron chi connectivity index (χ1n) is 6.73. The minimum atomic E-state index is -0.394. The lowest BCUT2D eigenvalue weighted by atomic mass is 10.1. The predicted molar refractivity (Wildman–Crippen MR) is 88.9 cm³/mol. The molecule has 1 unspecified atom stereocenters. The van der Waals surface area contributed by atoms with Crippen molar-refractivity contribution in [1.29, 1.82) is 0 Å². The minimum Gasteiger partial charge on any atom is -0.363 e. The maximum absolute atomic E-state index is 12.2. The molecule has 0 aliphatic heterocycles. The first-order valence-corrected chi connectivity index (χ1v) is 7.81. The van der Waals surface area contributed by atoms with Gasteiger partial charge in [-0.2, -0.15) is 0 Å². The van der Waals surface area contributed by atoms with Crippen LogP contribution in [0.25, 0.3) is 0 Å². The van der Waals surface area contributed by atoms with Crippen LogP contribution in [0, 0.1) is 3.57 Å². The summed E-state index contributed by atoms with van der Waals surface area (Å²) in [7, 11) is 1.72. The Morgan fingerprint density at radius 2 is 2.10 bits per heavy atom. The molecule has 0 saturated carbocycles. The fraction of sp³-hybridized carbons (Fsp3) is 0.333. The van der Waals surface area contributed by atoms with Crippen molar-refractivity contribution in [3.63, 3.8) is 0 Å². The topological polar surface area (TPSA) is 47.4 Å². The van der Waals surface area contributed by atoms with E-state index in [0.717, 1.165) is 5.56 Å². The third kappa shape index (κ3) is 3.82. The van der Waals surface area contributed by atoms with Gasteiger partial charge in [-0.25, -0.2) is 9.78 Å². The number of rotatable bonds is 5. The minimum absolute atomic E-state index is 0.0129.